The highest BCUT2D eigenvalue weighted by Gasteiger charge is 2.05. The highest BCUT2D eigenvalue weighted by atomic mass is 79.9. The van der Waals surface area contributed by atoms with Crippen molar-refractivity contribution in [2.75, 3.05) is 6.26 Å². The van der Waals surface area contributed by atoms with Crippen LogP contribution in [0.3, 0.4) is 0 Å². The van der Waals surface area contributed by atoms with Gasteiger partial charge >= 0.3 is 0 Å². The van der Waals surface area contributed by atoms with E-state index in [2.05, 4.69) is 15.9 Å². The number of phenols is 1. The molecule has 0 aliphatic carbocycles. The van der Waals surface area contributed by atoms with Crippen molar-refractivity contribution in [2.24, 2.45) is 0 Å². The van der Waals surface area contributed by atoms with Gasteiger partial charge in [-0.25, -0.2) is 0 Å². The molecule has 68 valence electrons. The first-order valence-electron chi connectivity index (χ1n) is 3.67. The molecule has 1 heterocycles. The lowest BCUT2D eigenvalue weighted by atomic mass is 10.2. The predicted molar refractivity (Wildman–Crippen MR) is 63.0 cm³/mol. The van der Waals surface area contributed by atoms with E-state index in [1.54, 1.807) is 23.1 Å². The Morgan fingerprint density at radius 3 is 2.85 bits per heavy atom. The minimum atomic E-state index is 0.366. The quantitative estimate of drug-likeness (QED) is 0.791. The molecule has 0 amide bonds. The summed E-state index contributed by atoms with van der Waals surface area (Å²) in [6.07, 6.45) is 1.96. The monoisotopic (exact) mass is 274 g/mol. The van der Waals surface area contributed by atoms with E-state index in [-0.39, 0.29) is 0 Å². The molecule has 1 nitrogen and oxygen atoms in total. The molecule has 2 rings (SSSR count). The van der Waals surface area contributed by atoms with Crippen molar-refractivity contribution in [3.05, 3.63) is 22.0 Å². The van der Waals surface area contributed by atoms with Crippen LogP contribution in [0.15, 0.2) is 26.9 Å². The molecule has 0 bridgehead atoms. The van der Waals surface area contributed by atoms with Crippen molar-refractivity contribution in [1.29, 1.82) is 0 Å². The van der Waals surface area contributed by atoms with Crippen molar-refractivity contribution in [3.8, 4) is 5.75 Å². The minimum Gasteiger partial charge on any atom is -0.507 e. The number of thiophene rings is 1. The number of phenolic OH excluding ortho intramolecular Hbond substituents is 1. The lowest BCUT2D eigenvalue weighted by molar-refractivity contribution is 0.463. The molecule has 0 aliphatic rings. The van der Waals surface area contributed by atoms with E-state index >= 15 is 0 Å². The van der Waals surface area contributed by atoms with Gasteiger partial charge in [0.2, 0.25) is 0 Å². The van der Waals surface area contributed by atoms with E-state index in [0.717, 1.165) is 14.1 Å². The van der Waals surface area contributed by atoms with Gasteiger partial charge in [0, 0.05) is 4.70 Å². The van der Waals surface area contributed by atoms with Crippen LogP contribution < -0.4 is 0 Å². The van der Waals surface area contributed by atoms with Gasteiger partial charge < -0.3 is 5.11 Å². The third kappa shape index (κ3) is 1.71. The Kier molecular flexibility index (Phi) is 2.53. The fourth-order valence-corrected chi connectivity index (χ4v) is 3.34. The van der Waals surface area contributed by atoms with Gasteiger partial charge in [0.1, 0.15) is 5.75 Å². The van der Waals surface area contributed by atoms with Gasteiger partial charge in [0.05, 0.1) is 8.68 Å². The van der Waals surface area contributed by atoms with Crippen LogP contribution in [0, 0.1) is 0 Å². The normalized spacial score (nSPS) is 10.9. The molecule has 4 heteroatoms. The summed E-state index contributed by atoms with van der Waals surface area (Å²) in [5.74, 6) is 0.366. The van der Waals surface area contributed by atoms with Crippen LogP contribution in [0.1, 0.15) is 0 Å². The molecule has 0 unspecified atom stereocenters. The van der Waals surface area contributed by atoms with E-state index in [1.165, 1.54) is 4.70 Å². The smallest absolute Gasteiger partial charge is 0.129 e. The Morgan fingerprint density at radius 1 is 1.38 bits per heavy atom. The van der Waals surface area contributed by atoms with Crippen molar-refractivity contribution in [1.82, 2.24) is 0 Å². The average molecular weight is 275 g/mol. The summed E-state index contributed by atoms with van der Waals surface area (Å²) in [5.41, 5.74) is 0. The number of benzene rings is 1. The second-order valence-electron chi connectivity index (χ2n) is 2.61. The van der Waals surface area contributed by atoms with Gasteiger partial charge in [0.25, 0.3) is 0 Å². The third-order valence-electron chi connectivity index (χ3n) is 1.79. The van der Waals surface area contributed by atoms with Crippen LogP contribution in [-0.2, 0) is 0 Å². The number of hydrogen-bond acceptors (Lipinski definition) is 3. The Balaban J connectivity index is 2.72. The van der Waals surface area contributed by atoms with Crippen LogP contribution in [0.4, 0.5) is 0 Å². The maximum absolute atomic E-state index is 9.59. The molecule has 1 N–H and O–H groups in total. The number of hydrogen-bond donors (Lipinski definition) is 1. The minimum absolute atomic E-state index is 0.366. The average Bonchev–Trinajstić information content (AvgIpc) is 2.42. The lowest BCUT2D eigenvalue weighted by Crippen LogP contribution is -1.71. The largest absolute Gasteiger partial charge is 0.507 e. The molecule has 1 aromatic carbocycles. The number of fused-ring (bicyclic) bond motifs is 1. The van der Waals surface area contributed by atoms with Gasteiger partial charge in [-0.2, -0.15) is 0 Å². The van der Waals surface area contributed by atoms with E-state index in [4.69, 9.17) is 0 Å². The molecule has 0 saturated carbocycles. The van der Waals surface area contributed by atoms with Crippen LogP contribution in [0.5, 0.6) is 5.75 Å². The van der Waals surface area contributed by atoms with Gasteiger partial charge in [0.15, 0.2) is 0 Å². The van der Waals surface area contributed by atoms with E-state index in [9.17, 15) is 5.11 Å². The third-order valence-corrected chi connectivity index (χ3v) is 4.16. The fraction of sp³-hybridized carbons (Fsp3) is 0.111. The zero-order valence-corrected chi connectivity index (χ0v) is 10.1. The van der Waals surface area contributed by atoms with E-state index < -0.39 is 0 Å². The van der Waals surface area contributed by atoms with E-state index in [0.29, 0.717) is 5.75 Å². The zero-order chi connectivity index (χ0) is 9.42. The standard InChI is InChI=1S/C9H7BrOS2/c1-12-8-4-7-5(2-6(8)11)3-9(10)13-7/h2-4,11H,1H3. The van der Waals surface area contributed by atoms with Crippen LogP contribution in [-0.4, -0.2) is 11.4 Å². The topological polar surface area (TPSA) is 20.2 Å². The summed E-state index contributed by atoms with van der Waals surface area (Å²) in [6.45, 7) is 0. The Morgan fingerprint density at radius 2 is 2.15 bits per heavy atom. The van der Waals surface area contributed by atoms with Crippen molar-refractivity contribution < 1.29 is 5.11 Å². The van der Waals surface area contributed by atoms with Gasteiger partial charge in [-0.1, -0.05) is 0 Å². The van der Waals surface area contributed by atoms with Gasteiger partial charge in [-0.05, 0) is 45.8 Å². The molecule has 0 fully saturated rings. The Labute approximate surface area is 92.9 Å². The highest BCUT2D eigenvalue weighted by Crippen LogP contribution is 2.37. The molecule has 2 aromatic rings. The van der Waals surface area contributed by atoms with E-state index in [1.807, 2.05) is 24.5 Å². The second kappa shape index (κ2) is 3.52. The number of rotatable bonds is 1. The number of thioether (sulfide) groups is 1. The van der Waals surface area contributed by atoms with Crippen molar-refractivity contribution in [3.63, 3.8) is 0 Å². The SMILES string of the molecule is CSc1cc2sc(Br)cc2cc1O. The lowest BCUT2D eigenvalue weighted by Gasteiger charge is -1.99. The van der Waals surface area contributed by atoms with Gasteiger partial charge in [-0.15, -0.1) is 23.1 Å². The summed E-state index contributed by atoms with van der Waals surface area (Å²) in [4.78, 5) is 0.932. The van der Waals surface area contributed by atoms with Crippen LogP contribution >= 0.6 is 39.0 Å². The first-order chi connectivity index (χ1) is 6.20. The summed E-state index contributed by atoms with van der Waals surface area (Å²) >= 11 is 6.67. The molecule has 0 saturated heterocycles. The van der Waals surface area contributed by atoms with Crippen LogP contribution in [0.2, 0.25) is 0 Å². The van der Waals surface area contributed by atoms with Crippen molar-refractivity contribution >= 4 is 49.1 Å². The van der Waals surface area contributed by atoms with Crippen LogP contribution in [0.25, 0.3) is 10.1 Å². The zero-order valence-electron chi connectivity index (χ0n) is 6.87. The fourth-order valence-electron chi connectivity index (χ4n) is 1.19. The molecule has 0 radical (unpaired) electrons. The molecule has 1 aromatic heterocycles. The highest BCUT2D eigenvalue weighted by molar-refractivity contribution is 9.11. The summed E-state index contributed by atoms with van der Waals surface area (Å²) in [5, 5.41) is 10.7. The maximum atomic E-state index is 9.59. The van der Waals surface area contributed by atoms with Crippen molar-refractivity contribution in [2.45, 2.75) is 4.90 Å². The Bertz CT molecular complexity index is 450. The first-order valence-corrected chi connectivity index (χ1v) is 6.50. The molecular weight excluding hydrogens is 268 g/mol. The first kappa shape index (κ1) is 9.37. The summed E-state index contributed by atoms with van der Waals surface area (Å²) < 4.78 is 2.30. The Hall–Kier alpha value is -0.190. The molecule has 0 atom stereocenters. The summed E-state index contributed by atoms with van der Waals surface area (Å²) in [6, 6.07) is 5.84. The number of halogens is 1. The summed E-state index contributed by atoms with van der Waals surface area (Å²) in [7, 11) is 0. The maximum Gasteiger partial charge on any atom is 0.129 e. The molecule has 0 spiro atoms. The van der Waals surface area contributed by atoms with Gasteiger partial charge in [-0.3, -0.25) is 0 Å². The molecule has 13 heavy (non-hydrogen) atoms. The predicted octanol–water partition coefficient (Wildman–Crippen LogP) is 4.09. The molecular formula is C9H7BrOS2. The molecule has 0 aliphatic heterocycles. The number of aromatic hydroxyl groups is 1. The second-order valence-corrected chi connectivity index (χ2v) is 5.92.